The SMILES string of the molecule is CCc1nc(Br)cc(SCC(C)CO)n1. The first-order chi connectivity index (χ1) is 7.15. The molecule has 0 fully saturated rings. The molecule has 0 aliphatic rings. The number of halogens is 1. The lowest BCUT2D eigenvalue weighted by Gasteiger charge is -2.07. The fraction of sp³-hybridized carbons (Fsp3) is 0.600. The normalized spacial score (nSPS) is 12.8. The zero-order valence-corrected chi connectivity index (χ0v) is 11.3. The Morgan fingerprint density at radius 3 is 2.87 bits per heavy atom. The number of aliphatic hydroxyl groups is 1. The smallest absolute Gasteiger partial charge is 0.130 e. The molecule has 0 amide bonds. The highest BCUT2D eigenvalue weighted by atomic mass is 79.9. The number of aromatic nitrogens is 2. The van der Waals surface area contributed by atoms with E-state index < -0.39 is 0 Å². The number of hydrogen-bond donors (Lipinski definition) is 1. The molecular formula is C10H15BrN2OS. The van der Waals surface area contributed by atoms with Gasteiger partial charge in [-0.15, -0.1) is 11.8 Å². The molecule has 3 nitrogen and oxygen atoms in total. The third kappa shape index (κ3) is 4.49. The van der Waals surface area contributed by atoms with Crippen LogP contribution in [0.5, 0.6) is 0 Å². The van der Waals surface area contributed by atoms with Crippen LogP contribution in [0, 0.1) is 5.92 Å². The second-order valence-electron chi connectivity index (χ2n) is 3.40. The summed E-state index contributed by atoms with van der Waals surface area (Å²) >= 11 is 5.02. The van der Waals surface area contributed by atoms with Crippen LogP contribution in [0.15, 0.2) is 15.7 Å². The first kappa shape index (κ1) is 12.9. The van der Waals surface area contributed by atoms with Crippen molar-refractivity contribution in [2.75, 3.05) is 12.4 Å². The van der Waals surface area contributed by atoms with Gasteiger partial charge in [-0.1, -0.05) is 13.8 Å². The van der Waals surface area contributed by atoms with Crippen LogP contribution in [0.25, 0.3) is 0 Å². The van der Waals surface area contributed by atoms with Crippen molar-refractivity contribution in [3.05, 3.63) is 16.5 Å². The third-order valence-corrected chi connectivity index (χ3v) is 3.51. The van der Waals surface area contributed by atoms with E-state index in [1.165, 1.54) is 0 Å². The molecule has 0 aliphatic carbocycles. The van der Waals surface area contributed by atoms with Gasteiger partial charge in [-0.3, -0.25) is 0 Å². The Hall–Kier alpha value is -0.130. The van der Waals surface area contributed by atoms with Crippen LogP contribution < -0.4 is 0 Å². The van der Waals surface area contributed by atoms with Crippen LogP contribution >= 0.6 is 27.7 Å². The molecule has 1 rings (SSSR count). The highest BCUT2D eigenvalue weighted by molar-refractivity contribution is 9.10. The van der Waals surface area contributed by atoms with Crippen LogP contribution in [0.1, 0.15) is 19.7 Å². The molecule has 15 heavy (non-hydrogen) atoms. The molecule has 5 heteroatoms. The van der Waals surface area contributed by atoms with E-state index in [4.69, 9.17) is 5.11 Å². The quantitative estimate of drug-likeness (QED) is 0.669. The zero-order chi connectivity index (χ0) is 11.3. The van der Waals surface area contributed by atoms with Crippen molar-refractivity contribution in [2.45, 2.75) is 25.3 Å². The summed E-state index contributed by atoms with van der Waals surface area (Å²) in [5.74, 6) is 2.03. The molecule has 0 aliphatic heterocycles. The molecule has 1 aromatic rings. The van der Waals surface area contributed by atoms with Crippen LogP contribution in [0.3, 0.4) is 0 Å². The van der Waals surface area contributed by atoms with Gasteiger partial charge in [0.25, 0.3) is 0 Å². The lowest BCUT2D eigenvalue weighted by molar-refractivity contribution is 0.250. The number of thioether (sulfide) groups is 1. The first-order valence-corrected chi connectivity index (χ1v) is 6.70. The van der Waals surface area contributed by atoms with E-state index >= 15 is 0 Å². The van der Waals surface area contributed by atoms with E-state index in [9.17, 15) is 0 Å². The van der Waals surface area contributed by atoms with Crippen LogP contribution in [0.2, 0.25) is 0 Å². The van der Waals surface area contributed by atoms with Crippen molar-refractivity contribution in [2.24, 2.45) is 5.92 Å². The molecule has 1 unspecified atom stereocenters. The van der Waals surface area contributed by atoms with E-state index in [1.807, 2.05) is 19.9 Å². The Balaban J connectivity index is 2.64. The summed E-state index contributed by atoms with van der Waals surface area (Å²) in [7, 11) is 0. The number of hydrogen-bond acceptors (Lipinski definition) is 4. The minimum Gasteiger partial charge on any atom is -0.396 e. The van der Waals surface area contributed by atoms with E-state index in [2.05, 4.69) is 25.9 Å². The van der Waals surface area contributed by atoms with Gasteiger partial charge in [-0.25, -0.2) is 9.97 Å². The molecule has 0 spiro atoms. The minimum absolute atomic E-state index is 0.222. The zero-order valence-electron chi connectivity index (χ0n) is 8.90. The Labute approximate surface area is 103 Å². The molecule has 0 radical (unpaired) electrons. The Kier molecular flexibility index (Phi) is 5.56. The average Bonchev–Trinajstić information content (AvgIpc) is 2.25. The fourth-order valence-electron chi connectivity index (χ4n) is 0.954. The van der Waals surface area contributed by atoms with Crippen molar-refractivity contribution in [3.63, 3.8) is 0 Å². The van der Waals surface area contributed by atoms with E-state index in [-0.39, 0.29) is 6.61 Å². The van der Waals surface area contributed by atoms with Crippen molar-refractivity contribution in [1.82, 2.24) is 9.97 Å². The monoisotopic (exact) mass is 290 g/mol. The van der Waals surface area contributed by atoms with Gasteiger partial charge in [-0.2, -0.15) is 0 Å². The summed E-state index contributed by atoms with van der Waals surface area (Å²) in [4.78, 5) is 8.64. The van der Waals surface area contributed by atoms with E-state index in [0.717, 1.165) is 27.6 Å². The van der Waals surface area contributed by atoms with Gasteiger partial charge >= 0.3 is 0 Å². The molecule has 1 heterocycles. The van der Waals surface area contributed by atoms with Gasteiger partial charge in [0.2, 0.25) is 0 Å². The average molecular weight is 291 g/mol. The standard InChI is InChI=1S/C10H15BrN2OS/c1-3-9-12-8(11)4-10(13-9)15-6-7(2)5-14/h4,7,14H,3,5-6H2,1-2H3. The van der Waals surface area contributed by atoms with Gasteiger partial charge in [0.1, 0.15) is 15.5 Å². The van der Waals surface area contributed by atoms with Crippen molar-refractivity contribution in [3.8, 4) is 0 Å². The lowest BCUT2D eigenvalue weighted by Crippen LogP contribution is -2.04. The topological polar surface area (TPSA) is 46.0 Å². The number of rotatable bonds is 5. The van der Waals surface area contributed by atoms with Crippen LogP contribution in [0.4, 0.5) is 0 Å². The molecule has 0 bridgehead atoms. The molecule has 1 aromatic heterocycles. The van der Waals surface area contributed by atoms with Gasteiger partial charge in [-0.05, 0) is 21.8 Å². The van der Waals surface area contributed by atoms with Gasteiger partial charge in [0.05, 0.1) is 0 Å². The summed E-state index contributed by atoms with van der Waals surface area (Å²) in [6.45, 7) is 4.27. The van der Waals surface area contributed by atoms with Gasteiger partial charge < -0.3 is 5.11 Å². The molecule has 0 saturated carbocycles. The maximum atomic E-state index is 8.91. The largest absolute Gasteiger partial charge is 0.396 e. The molecule has 1 atom stereocenters. The minimum atomic E-state index is 0.222. The predicted molar refractivity (Wildman–Crippen MR) is 66.1 cm³/mol. The highest BCUT2D eigenvalue weighted by Gasteiger charge is 2.05. The maximum absolute atomic E-state index is 8.91. The Morgan fingerprint density at radius 2 is 2.27 bits per heavy atom. The number of aryl methyl sites for hydroxylation is 1. The van der Waals surface area contributed by atoms with E-state index in [1.54, 1.807) is 11.8 Å². The molecular weight excluding hydrogens is 276 g/mol. The highest BCUT2D eigenvalue weighted by Crippen LogP contribution is 2.21. The second kappa shape index (κ2) is 6.45. The summed E-state index contributed by atoms with van der Waals surface area (Å²) in [6, 6.07) is 1.91. The Morgan fingerprint density at radius 1 is 1.53 bits per heavy atom. The number of nitrogens with zero attached hydrogens (tertiary/aromatic N) is 2. The summed E-state index contributed by atoms with van der Waals surface area (Å²) in [6.07, 6.45) is 0.836. The lowest BCUT2D eigenvalue weighted by atomic mass is 10.2. The first-order valence-electron chi connectivity index (χ1n) is 4.92. The maximum Gasteiger partial charge on any atom is 0.130 e. The Bertz CT molecular complexity index is 322. The van der Waals surface area contributed by atoms with Gasteiger partial charge in [0.15, 0.2) is 0 Å². The third-order valence-electron chi connectivity index (χ3n) is 1.86. The summed E-state index contributed by atoms with van der Waals surface area (Å²) in [5.41, 5.74) is 0. The fourth-order valence-corrected chi connectivity index (χ4v) is 2.45. The molecule has 0 saturated heterocycles. The van der Waals surface area contributed by atoms with Crippen LogP contribution in [-0.2, 0) is 6.42 Å². The van der Waals surface area contributed by atoms with E-state index in [0.29, 0.717) is 5.92 Å². The predicted octanol–water partition coefficient (Wildman–Crippen LogP) is 2.52. The second-order valence-corrected chi connectivity index (χ2v) is 5.25. The molecule has 0 aromatic carbocycles. The van der Waals surface area contributed by atoms with Crippen molar-refractivity contribution >= 4 is 27.7 Å². The van der Waals surface area contributed by atoms with Crippen LogP contribution in [-0.4, -0.2) is 27.4 Å². The molecule has 1 N–H and O–H groups in total. The van der Waals surface area contributed by atoms with Crippen molar-refractivity contribution in [1.29, 1.82) is 0 Å². The van der Waals surface area contributed by atoms with Crippen molar-refractivity contribution < 1.29 is 5.11 Å². The number of aliphatic hydroxyl groups excluding tert-OH is 1. The summed E-state index contributed by atoms with van der Waals surface area (Å²) < 4.78 is 0.827. The molecule has 84 valence electrons. The van der Waals surface area contributed by atoms with Gasteiger partial charge in [0, 0.05) is 24.8 Å². The summed E-state index contributed by atoms with van der Waals surface area (Å²) in [5, 5.41) is 9.88.